The van der Waals surface area contributed by atoms with Crippen molar-refractivity contribution in [3.63, 3.8) is 0 Å². The molecule has 1 N–H and O–H groups in total. The van der Waals surface area contributed by atoms with Crippen LogP contribution in [0.5, 0.6) is 0 Å². The molecule has 30 heavy (non-hydrogen) atoms. The number of aromatic nitrogens is 1. The van der Waals surface area contributed by atoms with E-state index in [0.717, 1.165) is 25.1 Å². The van der Waals surface area contributed by atoms with Gasteiger partial charge >= 0.3 is 0 Å². The standard InChI is InChI=1S/C26H28N2S.HI/c1-4-28-23-12-8-9-13-24(23)29-25(28)17-21-16-20(18-26(2,3)19-21)14-15-27-22-10-6-5-7-11-22;/h5-17H,4,18-19H2,1-3H3;1H. The lowest BCUT2D eigenvalue weighted by Gasteiger charge is -2.30. The maximum Gasteiger partial charge on any atom is 0.263 e. The molecule has 0 saturated carbocycles. The molecule has 0 amide bonds. The van der Waals surface area contributed by atoms with Crippen LogP contribution in [0.1, 0.15) is 38.6 Å². The fraction of sp³-hybridized carbons (Fsp3) is 0.269. The summed E-state index contributed by atoms with van der Waals surface area (Å²) in [5.74, 6) is 0. The van der Waals surface area contributed by atoms with Crippen LogP contribution in [-0.2, 0) is 6.54 Å². The molecule has 0 atom stereocenters. The summed E-state index contributed by atoms with van der Waals surface area (Å²) in [7, 11) is 0. The maximum atomic E-state index is 3.38. The monoisotopic (exact) mass is 528 g/mol. The molecule has 0 spiro atoms. The Morgan fingerprint density at radius 1 is 1.03 bits per heavy atom. The second kappa shape index (κ2) is 9.92. The molecule has 2 nitrogen and oxygen atoms in total. The number of para-hydroxylation sites is 2. The van der Waals surface area contributed by atoms with E-state index in [2.05, 4.69) is 91.5 Å². The van der Waals surface area contributed by atoms with E-state index in [-0.39, 0.29) is 29.4 Å². The molecule has 4 rings (SSSR count). The van der Waals surface area contributed by atoms with E-state index < -0.39 is 0 Å². The number of halogens is 1. The summed E-state index contributed by atoms with van der Waals surface area (Å²) in [6.07, 6.45) is 11.3. The van der Waals surface area contributed by atoms with E-state index in [4.69, 9.17) is 0 Å². The number of hydrogen-bond acceptors (Lipinski definition) is 2. The Kier molecular flexibility index (Phi) is 7.53. The third-order valence-corrected chi connectivity index (χ3v) is 6.43. The zero-order valence-corrected chi connectivity index (χ0v) is 20.8. The first-order valence-corrected chi connectivity index (χ1v) is 11.2. The Bertz CT molecular complexity index is 1090. The smallest absolute Gasteiger partial charge is 0.263 e. The zero-order valence-electron chi connectivity index (χ0n) is 17.9. The first-order valence-electron chi connectivity index (χ1n) is 10.3. The summed E-state index contributed by atoms with van der Waals surface area (Å²) in [4.78, 5) is 0. The Morgan fingerprint density at radius 3 is 2.53 bits per heavy atom. The first-order chi connectivity index (χ1) is 14.0. The summed E-state index contributed by atoms with van der Waals surface area (Å²) in [6, 6.07) is 19.0. The van der Waals surface area contributed by atoms with E-state index in [1.807, 2.05) is 29.5 Å². The molecule has 0 aliphatic heterocycles. The van der Waals surface area contributed by atoms with Crippen molar-refractivity contribution in [2.75, 3.05) is 5.32 Å². The molecule has 0 saturated heterocycles. The number of allylic oxidation sites excluding steroid dienone is 4. The van der Waals surface area contributed by atoms with Crippen LogP contribution in [0.3, 0.4) is 0 Å². The van der Waals surface area contributed by atoms with Gasteiger partial charge in [-0.15, -0.1) is 0 Å². The minimum absolute atomic E-state index is 0. The predicted octanol–water partition coefficient (Wildman–Crippen LogP) is 3.97. The molecule has 3 aromatic rings. The molecule has 1 aromatic heterocycles. The van der Waals surface area contributed by atoms with E-state index >= 15 is 0 Å². The van der Waals surface area contributed by atoms with Gasteiger partial charge < -0.3 is 29.3 Å². The molecule has 1 aliphatic rings. The lowest BCUT2D eigenvalue weighted by atomic mass is 9.75. The van der Waals surface area contributed by atoms with Crippen LogP contribution in [-0.4, -0.2) is 0 Å². The Hall–Kier alpha value is -1.92. The third-order valence-electron chi connectivity index (χ3n) is 5.32. The van der Waals surface area contributed by atoms with Gasteiger partial charge in [-0.2, -0.15) is 4.57 Å². The Labute approximate surface area is 201 Å². The van der Waals surface area contributed by atoms with Crippen LogP contribution in [0.15, 0.2) is 84.1 Å². The Morgan fingerprint density at radius 2 is 1.77 bits per heavy atom. The van der Waals surface area contributed by atoms with Crippen molar-refractivity contribution in [3.05, 3.63) is 89.1 Å². The summed E-state index contributed by atoms with van der Waals surface area (Å²) >= 11 is 1.89. The minimum Gasteiger partial charge on any atom is -1.00 e. The number of hydrogen-bond donors (Lipinski definition) is 1. The quantitative estimate of drug-likeness (QED) is 0.392. The van der Waals surface area contributed by atoms with Gasteiger partial charge in [-0.3, -0.25) is 0 Å². The average molecular weight is 529 g/mol. The maximum absolute atomic E-state index is 3.38. The van der Waals surface area contributed by atoms with Crippen molar-refractivity contribution in [1.29, 1.82) is 0 Å². The van der Waals surface area contributed by atoms with Crippen LogP contribution in [0.4, 0.5) is 5.69 Å². The van der Waals surface area contributed by atoms with Gasteiger partial charge in [-0.05, 0) is 60.6 Å². The molecule has 2 aromatic carbocycles. The normalized spacial score (nSPS) is 17.2. The van der Waals surface area contributed by atoms with Crippen molar-refractivity contribution >= 4 is 33.3 Å². The highest BCUT2D eigenvalue weighted by Gasteiger charge is 2.26. The second-order valence-corrected chi connectivity index (χ2v) is 9.51. The van der Waals surface area contributed by atoms with Gasteiger partial charge in [0.15, 0.2) is 0 Å². The number of nitrogens with zero attached hydrogens (tertiary/aromatic N) is 1. The van der Waals surface area contributed by atoms with Crippen LogP contribution in [0.25, 0.3) is 16.3 Å². The van der Waals surface area contributed by atoms with Gasteiger partial charge in [0.1, 0.15) is 11.2 Å². The average Bonchev–Trinajstić information content (AvgIpc) is 3.04. The number of nitrogens with one attached hydrogen (secondary N) is 1. The van der Waals surface area contributed by atoms with Crippen molar-refractivity contribution in [2.24, 2.45) is 5.41 Å². The molecule has 1 heterocycles. The lowest BCUT2D eigenvalue weighted by molar-refractivity contribution is -0.665. The highest BCUT2D eigenvalue weighted by Crippen LogP contribution is 2.39. The van der Waals surface area contributed by atoms with E-state index in [9.17, 15) is 0 Å². The number of rotatable bonds is 5. The summed E-state index contributed by atoms with van der Waals surface area (Å²) in [5, 5.41) is 4.71. The number of benzene rings is 2. The highest BCUT2D eigenvalue weighted by molar-refractivity contribution is 7.18. The van der Waals surface area contributed by atoms with Crippen LogP contribution < -0.4 is 33.9 Å². The van der Waals surface area contributed by atoms with Crippen LogP contribution >= 0.6 is 11.3 Å². The van der Waals surface area contributed by atoms with E-state index in [0.29, 0.717) is 0 Å². The second-order valence-electron chi connectivity index (χ2n) is 8.45. The number of thiazole rings is 1. The van der Waals surface area contributed by atoms with Gasteiger partial charge in [-0.25, -0.2) is 0 Å². The van der Waals surface area contributed by atoms with E-state index in [1.165, 1.54) is 26.4 Å². The lowest BCUT2D eigenvalue weighted by Crippen LogP contribution is -3.00. The minimum atomic E-state index is 0. The van der Waals surface area contributed by atoms with Gasteiger partial charge in [0.2, 0.25) is 5.52 Å². The molecule has 1 aliphatic carbocycles. The van der Waals surface area contributed by atoms with Crippen LogP contribution in [0.2, 0.25) is 0 Å². The summed E-state index contributed by atoms with van der Waals surface area (Å²) in [6.45, 7) is 7.95. The van der Waals surface area contributed by atoms with Gasteiger partial charge in [-0.1, -0.05) is 61.6 Å². The highest BCUT2D eigenvalue weighted by atomic mass is 127. The van der Waals surface area contributed by atoms with Crippen molar-refractivity contribution < 1.29 is 28.5 Å². The van der Waals surface area contributed by atoms with Crippen LogP contribution in [0, 0.1) is 5.41 Å². The predicted molar refractivity (Wildman–Crippen MR) is 126 cm³/mol. The SMILES string of the molecule is CC[n+]1c(/C=C2C=C(/C=C/Nc3ccccc3)CC(C)(C)C/2)sc2ccccc21.[I-]. The molecule has 0 fully saturated rings. The fourth-order valence-corrected chi connectivity index (χ4v) is 5.33. The Balaban J connectivity index is 0.00000256. The number of aryl methyl sites for hydroxylation is 1. The molecular formula is C26H29IN2S. The number of fused-ring (bicyclic) bond motifs is 1. The first kappa shape index (κ1) is 22.8. The van der Waals surface area contributed by atoms with Crippen molar-refractivity contribution in [2.45, 2.75) is 40.2 Å². The van der Waals surface area contributed by atoms with Gasteiger partial charge in [0, 0.05) is 24.0 Å². The van der Waals surface area contributed by atoms with Gasteiger partial charge in [0.05, 0.1) is 0 Å². The fourth-order valence-electron chi connectivity index (χ4n) is 4.13. The summed E-state index contributed by atoms with van der Waals surface area (Å²) in [5.41, 5.74) is 5.50. The van der Waals surface area contributed by atoms with Crippen molar-refractivity contribution in [3.8, 4) is 0 Å². The molecule has 0 unspecified atom stereocenters. The van der Waals surface area contributed by atoms with E-state index in [1.54, 1.807) is 0 Å². The molecule has 0 bridgehead atoms. The molecule has 0 radical (unpaired) electrons. The zero-order chi connectivity index (χ0) is 20.3. The molecule has 156 valence electrons. The third kappa shape index (κ3) is 5.41. The number of anilines is 1. The van der Waals surface area contributed by atoms with Gasteiger partial charge in [0.25, 0.3) is 5.01 Å². The van der Waals surface area contributed by atoms with Crippen molar-refractivity contribution in [1.82, 2.24) is 0 Å². The summed E-state index contributed by atoms with van der Waals surface area (Å²) < 4.78 is 3.78. The molecule has 4 heteroatoms. The largest absolute Gasteiger partial charge is 1.00 e. The topological polar surface area (TPSA) is 15.9 Å². The molecular weight excluding hydrogens is 499 g/mol.